The number of sulfonamides is 1. The molecule has 0 aromatic carbocycles. The maximum absolute atomic E-state index is 11.9. The van der Waals surface area contributed by atoms with E-state index in [2.05, 4.69) is 0 Å². The van der Waals surface area contributed by atoms with Gasteiger partial charge in [0.05, 0.1) is 6.26 Å². The van der Waals surface area contributed by atoms with E-state index in [1.807, 2.05) is 6.92 Å². The molecule has 19 heavy (non-hydrogen) atoms. The van der Waals surface area contributed by atoms with Crippen molar-refractivity contribution in [3.05, 3.63) is 22.9 Å². The van der Waals surface area contributed by atoms with Crippen LogP contribution in [0.1, 0.15) is 19.8 Å². The lowest BCUT2D eigenvalue weighted by atomic mass is 10.00. The lowest BCUT2D eigenvalue weighted by Gasteiger charge is -2.30. The van der Waals surface area contributed by atoms with Gasteiger partial charge < -0.3 is 0 Å². The Bertz CT molecular complexity index is 588. The highest BCUT2D eigenvalue weighted by atomic mass is 32.2. The van der Waals surface area contributed by atoms with Gasteiger partial charge in [0, 0.05) is 38.6 Å². The van der Waals surface area contributed by atoms with E-state index in [0.717, 1.165) is 12.8 Å². The van der Waals surface area contributed by atoms with Crippen LogP contribution in [-0.4, -0.2) is 41.2 Å². The molecule has 0 radical (unpaired) electrons. The summed E-state index contributed by atoms with van der Waals surface area (Å²) in [4.78, 5) is 11.9. The van der Waals surface area contributed by atoms with E-state index in [4.69, 9.17) is 0 Å². The fourth-order valence-corrected chi connectivity index (χ4v) is 3.53. The minimum atomic E-state index is -3.12. The molecule has 0 spiro atoms. The van der Waals surface area contributed by atoms with Gasteiger partial charge in [0.25, 0.3) is 0 Å². The molecule has 1 unspecified atom stereocenters. The quantitative estimate of drug-likeness (QED) is 0.802. The third-order valence-corrected chi connectivity index (χ3v) is 4.93. The van der Waals surface area contributed by atoms with Crippen LogP contribution in [-0.2, 0) is 23.1 Å². The van der Waals surface area contributed by atoms with Crippen molar-refractivity contribution in [3.63, 3.8) is 0 Å². The molecule has 2 rings (SSSR count). The van der Waals surface area contributed by atoms with Gasteiger partial charge in [-0.15, -0.1) is 0 Å². The summed E-state index contributed by atoms with van der Waals surface area (Å²) < 4.78 is 28.0. The first-order valence-electron chi connectivity index (χ1n) is 6.62. The Hall–Kier alpha value is -1.08. The molecule has 0 bridgehead atoms. The van der Waals surface area contributed by atoms with E-state index in [0.29, 0.717) is 26.2 Å². The molecule has 0 N–H and O–H groups in total. The molecule has 0 amide bonds. The number of rotatable bonds is 4. The van der Waals surface area contributed by atoms with Crippen LogP contribution in [0, 0.1) is 5.92 Å². The van der Waals surface area contributed by atoms with Gasteiger partial charge in [0.15, 0.2) is 0 Å². The van der Waals surface area contributed by atoms with Gasteiger partial charge in [0.1, 0.15) is 0 Å². The Morgan fingerprint density at radius 1 is 1.32 bits per heavy atom. The molecule has 1 aromatic rings. The highest BCUT2D eigenvalue weighted by molar-refractivity contribution is 7.88. The number of aryl methyl sites for hydroxylation is 1. The first-order chi connectivity index (χ1) is 8.91. The van der Waals surface area contributed by atoms with Crippen molar-refractivity contribution < 1.29 is 8.42 Å². The summed E-state index contributed by atoms with van der Waals surface area (Å²) in [5.74, 6) is 0.217. The number of hydrogen-bond acceptors (Lipinski definition) is 3. The third-order valence-electron chi connectivity index (χ3n) is 3.66. The van der Waals surface area contributed by atoms with Crippen LogP contribution in [0.15, 0.2) is 17.2 Å². The molecule has 7 heteroatoms. The highest BCUT2D eigenvalue weighted by Gasteiger charge is 2.26. The molecule has 108 valence electrons. The molecule has 1 atom stereocenters. The maximum atomic E-state index is 11.9. The summed E-state index contributed by atoms with van der Waals surface area (Å²) in [5, 5.41) is 0. The second-order valence-electron chi connectivity index (χ2n) is 5.15. The molecule has 2 heterocycles. The van der Waals surface area contributed by atoms with E-state index in [1.165, 1.54) is 10.6 Å². The van der Waals surface area contributed by atoms with Crippen molar-refractivity contribution in [1.29, 1.82) is 0 Å². The van der Waals surface area contributed by atoms with Crippen LogP contribution < -0.4 is 5.69 Å². The first kappa shape index (κ1) is 14.3. The maximum Gasteiger partial charge on any atom is 0.328 e. The van der Waals surface area contributed by atoms with Gasteiger partial charge in [-0.3, -0.25) is 9.13 Å². The van der Waals surface area contributed by atoms with Crippen LogP contribution in [0.25, 0.3) is 0 Å². The summed E-state index contributed by atoms with van der Waals surface area (Å²) in [7, 11) is -3.12. The number of imidazole rings is 1. The summed E-state index contributed by atoms with van der Waals surface area (Å²) in [6.07, 6.45) is 6.64. The second kappa shape index (κ2) is 5.50. The molecule has 1 aromatic heterocycles. The summed E-state index contributed by atoms with van der Waals surface area (Å²) >= 11 is 0. The van der Waals surface area contributed by atoms with Gasteiger partial charge in [0.2, 0.25) is 10.0 Å². The number of aromatic nitrogens is 2. The van der Waals surface area contributed by atoms with Gasteiger partial charge in [-0.25, -0.2) is 17.5 Å². The van der Waals surface area contributed by atoms with Crippen LogP contribution in [0.5, 0.6) is 0 Å². The minimum absolute atomic E-state index is 0.0148. The SMILES string of the molecule is CCn1ccn(CC2CCCN(S(C)(=O)=O)C2)c1=O. The zero-order valence-electron chi connectivity index (χ0n) is 11.4. The number of nitrogens with zero attached hydrogens (tertiary/aromatic N) is 3. The highest BCUT2D eigenvalue weighted by Crippen LogP contribution is 2.19. The normalized spacial score (nSPS) is 21.7. The van der Waals surface area contributed by atoms with Crippen LogP contribution in [0.2, 0.25) is 0 Å². The second-order valence-corrected chi connectivity index (χ2v) is 7.13. The van der Waals surface area contributed by atoms with Crippen molar-refractivity contribution in [2.75, 3.05) is 19.3 Å². The molecule has 1 aliphatic rings. The van der Waals surface area contributed by atoms with Crippen molar-refractivity contribution in [3.8, 4) is 0 Å². The Morgan fingerprint density at radius 3 is 2.58 bits per heavy atom. The van der Waals surface area contributed by atoms with Crippen LogP contribution in [0.3, 0.4) is 0 Å². The van der Waals surface area contributed by atoms with Crippen LogP contribution in [0.4, 0.5) is 0 Å². The van der Waals surface area contributed by atoms with Crippen LogP contribution >= 0.6 is 0 Å². The Kier molecular flexibility index (Phi) is 4.15. The van der Waals surface area contributed by atoms with Crippen molar-refractivity contribution in [1.82, 2.24) is 13.4 Å². The van der Waals surface area contributed by atoms with Gasteiger partial charge in [-0.05, 0) is 25.7 Å². The Balaban J connectivity index is 2.07. The van der Waals surface area contributed by atoms with E-state index in [1.54, 1.807) is 21.5 Å². The average Bonchev–Trinajstić information content (AvgIpc) is 2.70. The van der Waals surface area contributed by atoms with Gasteiger partial charge in [-0.1, -0.05) is 0 Å². The molecule has 6 nitrogen and oxygen atoms in total. The molecule has 1 aliphatic heterocycles. The fourth-order valence-electron chi connectivity index (χ4n) is 2.59. The summed E-state index contributed by atoms with van der Waals surface area (Å²) in [6.45, 7) is 4.30. The lowest BCUT2D eigenvalue weighted by molar-refractivity contribution is 0.244. The lowest BCUT2D eigenvalue weighted by Crippen LogP contribution is -2.41. The molecule has 0 saturated carbocycles. The first-order valence-corrected chi connectivity index (χ1v) is 8.47. The number of hydrogen-bond donors (Lipinski definition) is 0. The predicted molar refractivity (Wildman–Crippen MR) is 73.5 cm³/mol. The molecular formula is C12H21N3O3S. The van der Waals surface area contributed by atoms with E-state index in [-0.39, 0.29) is 11.6 Å². The molecular weight excluding hydrogens is 266 g/mol. The van der Waals surface area contributed by atoms with Gasteiger partial charge >= 0.3 is 5.69 Å². The largest absolute Gasteiger partial charge is 0.328 e. The van der Waals surface area contributed by atoms with E-state index in [9.17, 15) is 13.2 Å². The van der Waals surface area contributed by atoms with E-state index >= 15 is 0 Å². The molecule has 1 saturated heterocycles. The standard InChI is InChI=1S/C12H21N3O3S/c1-3-13-7-8-14(12(13)16)9-11-5-4-6-15(10-11)19(2,17)18/h7-8,11H,3-6,9-10H2,1-2H3. The Morgan fingerprint density at radius 2 is 2.00 bits per heavy atom. The average molecular weight is 287 g/mol. The fraction of sp³-hybridized carbons (Fsp3) is 0.750. The molecule has 1 fully saturated rings. The van der Waals surface area contributed by atoms with Crippen molar-refractivity contribution in [2.45, 2.75) is 32.9 Å². The summed E-state index contributed by atoms with van der Waals surface area (Å²) in [6, 6.07) is 0. The zero-order valence-corrected chi connectivity index (χ0v) is 12.3. The molecule has 0 aliphatic carbocycles. The zero-order chi connectivity index (χ0) is 14.0. The van der Waals surface area contributed by atoms with Crippen molar-refractivity contribution in [2.24, 2.45) is 5.92 Å². The smallest absolute Gasteiger partial charge is 0.300 e. The predicted octanol–water partition coefficient (Wildman–Crippen LogP) is 0.341. The number of piperidine rings is 1. The van der Waals surface area contributed by atoms with Gasteiger partial charge in [-0.2, -0.15) is 0 Å². The monoisotopic (exact) mass is 287 g/mol. The Labute approximate surface area is 113 Å². The van der Waals surface area contributed by atoms with Crippen molar-refractivity contribution >= 4 is 10.0 Å². The third kappa shape index (κ3) is 3.27. The summed E-state index contributed by atoms with van der Waals surface area (Å²) in [5.41, 5.74) is -0.0148. The minimum Gasteiger partial charge on any atom is -0.300 e. The van der Waals surface area contributed by atoms with E-state index < -0.39 is 10.0 Å². The topological polar surface area (TPSA) is 64.3 Å².